The van der Waals surface area contributed by atoms with Crippen molar-refractivity contribution in [2.75, 3.05) is 13.2 Å². The number of rotatable bonds is 4. The number of aryl methyl sites for hydroxylation is 2. The van der Waals surface area contributed by atoms with Crippen LogP contribution in [-0.2, 0) is 4.79 Å². The minimum absolute atomic E-state index is 0.0209. The van der Waals surface area contributed by atoms with E-state index in [1.54, 1.807) is 11.8 Å². The van der Waals surface area contributed by atoms with Crippen LogP contribution in [0.3, 0.4) is 0 Å². The lowest BCUT2D eigenvalue weighted by Crippen LogP contribution is -2.34. The van der Waals surface area contributed by atoms with Crippen molar-refractivity contribution in [1.29, 1.82) is 0 Å². The molecule has 6 heteroatoms. The van der Waals surface area contributed by atoms with E-state index in [-0.39, 0.29) is 18.6 Å². The summed E-state index contributed by atoms with van der Waals surface area (Å²) >= 11 is 0. The number of hydrogen-bond acceptors (Lipinski definition) is 5. The van der Waals surface area contributed by atoms with Gasteiger partial charge in [0.15, 0.2) is 12.4 Å². The van der Waals surface area contributed by atoms with Crippen molar-refractivity contribution < 1.29 is 14.1 Å². The summed E-state index contributed by atoms with van der Waals surface area (Å²) in [6.07, 6.45) is 1.78. The summed E-state index contributed by atoms with van der Waals surface area (Å²) in [4.78, 5) is 18.4. The number of amides is 1. The number of benzene rings is 1. The molecule has 22 heavy (non-hydrogen) atoms. The maximum absolute atomic E-state index is 12.4. The average Bonchev–Trinajstić information content (AvgIpc) is 3.13. The molecule has 1 saturated heterocycles. The Hall–Kier alpha value is -2.37. The number of aromatic nitrogens is 2. The lowest BCUT2D eigenvalue weighted by molar-refractivity contribution is -0.134. The fourth-order valence-corrected chi connectivity index (χ4v) is 2.70. The smallest absolute Gasteiger partial charge is 0.261 e. The maximum atomic E-state index is 12.4. The molecular formula is C16H19N3O3. The topological polar surface area (TPSA) is 68.5 Å². The van der Waals surface area contributed by atoms with Crippen LogP contribution in [0.25, 0.3) is 0 Å². The van der Waals surface area contributed by atoms with Crippen LogP contribution in [0.2, 0.25) is 0 Å². The normalized spacial score (nSPS) is 17.7. The molecule has 1 aliphatic rings. The van der Waals surface area contributed by atoms with Gasteiger partial charge >= 0.3 is 0 Å². The van der Waals surface area contributed by atoms with Crippen LogP contribution in [0.4, 0.5) is 0 Å². The maximum Gasteiger partial charge on any atom is 0.261 e. The molecular weight excluding hydrogens is 282 g/mol. The van der Waals surface area contributed by atoms with Crippen molar-refractivity contribution >= 4 is 5.91 Å². The van der Waals surface area contributed by atoms with Gasteiger partial charge in [0.1, 0.15) is 11.8 Å². The van der Waals surface area contributed by atoms with Gasteiger partial charge in [0, 0.05) is 6.54 Å². The zero-order valence-electron chi connectivity index (χ0n) is 12.8. The monoisotopic (exact) mass is 301 g/mol. The van der Waals surface area contributed by atoms with E-state index in [0.717, 1.165) is 18.4 Å². The van der Waals surface area contributed by atoms with Gasteiger partial charge in [-0.05, 0) is 44.4 Å². The number of ether oxygens (including phenoxy) is 1. The molecule has 116 valence electrons. The van der Waals surface area contributed by atoms with Gasteiger partial charge < -0.3 is 14.2 Å². The van der Waals surface area contributed by atoms with E-state index in [1.807, 2.05) is 31.2 Å². The molecule has 1 aromatic heterocycles. The van der Waals surface area contributed by atoms with Crippen molar-refractivity contribution in [1.82, 2.24) is 15.0 Å². The summed E-state index contributed by atoms with van der Waals surface area (Å²) in [5.74, 6) is 1.75. The SMILES string of the molecule is Cc1cccc(OCC(=O)N2CCCC2c2nc(C)no2)c1. The highest BCUT2D eigenvalue weighted by Gasteiger charge is 2.33. The van der Waals surface area contributed by atoms with Crippen LogP contribution in [0.15, 0.2) is 28.8 Å². The van der Waals surface area contributed by atoms with Gasteiger partial charge in [-0.15, -0.1) is 0 Å². The van der Waals surface area contributed by atoms with E-state index in [0.29, 0.717) is 24.0 Å². The van der Waals surface area contributed by atoms with Gasteiger partial charge in [-0.1, -0.05) is 17.3 Å². The number of nitrogens with zero attached hydrogens (tertiary/aromatic N) is 3. The standard InChI is InChI=1S/C16H19N3O3/c1-11-5-3-6-13(9-11)21-10-15(20)19-8-4-7-14(19)16-17-12(2)18-22-16/h3,5-6,9,14H,4,7-8,10H2,1-2H3. The second-order valence-electron chi connectivity index (χ2n) is 5.53. The molecule has 1 fully saturated rings. The van der Waals surface area contributed by atoms with Gasteiger partial charge in [0.2, 0.25) is 5.89 Å². The van der Waals surface area contributed by atoms with E-state index in [1.165, 1.54) is 0 Å². The highest BCUT2D eigenvalue weighted by Crippen LogP contribution is 2.30. The largest absolute Gasteiger partial charge is 0.484 e. The Bertz CT molecular complexity index is 668. The molecule has 1 unspecified atom stereocenters. The molecule has 1 aliphatic heterocycles. The molecule has 0 aliphatic carbocycles. The Morgan fingerprint density at radius 2 is 2.32 bits per heavy atom. The summed E-state index contributed by atoms with van der Waals surface area (Å²) in [7, 11) is 0. The third-order valence-electron chi connectivity index (χ3n) is 3.75. The summed E-state index contributed by atoms with van der Waals surface area (Å²) in [6.45, 7) is 4.48. The minimum Gasteiger partial charge on any atom is -0.484 e. The first-order valence-electron chi connectivity index (χ1n) is 7.42. The molecule has 1 amide bonds. The molecule has 1 aromatic carbocycles. The molecule has 1 atom stereocenters. The minimum atomic E-state index is -0.130. The van der Waals surface area contributed by atoms with Crippen LogP contribution >= 0.6 is 0 Å². The molecule has 0 radical (unpaired) electrons. The Morgan fingerprint density at radius 1 is 1.45 bits per heavy atom. The first kappa shape index (κ1) is 14.6. The van der Waals surface area contributed by atoms with E-state index < -0.39 is 0 Å². The lowest BCUT2D eigenvalue weighted by Gasteiger charge is -2.21. The zero-order valence-corrected chi connectivity index (χ0v) is 12.8. The zero-order chi connectivity index (χ0) is 15.5. The van der Waals surface area contributed by atoms with Crippen LogP contribution in [0.1, 0.15) is 36.2 Å². The predicted octanol–water partition coefficient (Wildman–Crippen LogP) is 2.43. The molecule has 6 nitrogen and oxygen atoms in total. The van der Waals surface area contributed by atoms with Gasteiger partial charge in [-0.25, -0.2) is 0 Å². The summed E-state index contributed by atoms with van der Waals surface area (Å²) in [5.41, 5.74) is 1.10. The quantitative estimate of drug-likeness (QED) is 0.867. The molecule has 2 aromatic rings. The van der Waals surface area contributed by atoms with E-state index >= 15 is 0 Å². The van der Waals surface area contributed by atoms with Crippen molar-refractivity contribution in [3.63, 3.8) is 0 Å². The molecule has 0 saturated carbocycles. The average molecular weight is 301 g/mol. The van der Waals surface area contributed by atoms with Gasteiger partial charge in [0.25, 0.3) is 5.91 Å². The first-order valence-corrected chi connectivity index (χ1v) is 7.42. The molecule has 0 spiro atoms. The van der Waals surface area contributed by atoms with Crippen LogP contribution in [0.5, 0.6) is 5.75 Å². The Labute approximate surface area is 129 Å². The lowest BCUT2D eigenvalue weighted by atomic mass is 10.2. The number of hydrogen-bond donors (Lipinski definition) is 0. The molecule has 0 N–H and O–H groups in total. The predicted molar refractivity (Wildman–Crippen MR) is 79.4 cm³/mol. The third-order valence-corrected chi connectivity index (χ3v) is 3.75. The molecule has 3 rings (SSSR count). The Balaban J connectivity index is 1.64. The fourth-order valence-electron chi connectivity index (χ4n) is 2.70. The molecule has 2 heterocycles. The van der Waals surface area contributed by atoms with Crippen LogP contribution in [0, 0.1) is 13.8 Å². The van der Waals surface area contributed by atoms with Crippen LogP contribution in [-0.4, -0.2) is 34.1 Å². The van der Waals surface area contributed by atoms with Crippen molar-refractivity contribution in [2.24, 2.45) is 0 Å². The highest BCUT2D eigenvalue weighted by molar-refractivity contribution is 5.78. The number of carbonyl (C=O) groups excluding carboxylic acids is 1. The summed E-state index contributed by atoms with van der Waals surface area (Å²) in [5, 5.41) is 3.80. The second-order valence-corrected chi connectivity index (χ2v) is 5.53. The van der Waals surface area contributed by atoms with Crippen molar-refractivity contribution in [3.8, 4) is 5.75 Å². The summed E-state index contributed by atoms with van der Waals surface area (Å²) < 4.78 is 10.8. The summed E-state index contributed by atoms with van der Waals surface area (Å²) in [6, 6.07) is 7.53. The second kappa shape index (κ2) is 6.17. The number of likely N-dealkylation sites (tertiary alicyclic amines) is 1. The third kappa shape index (κ3) is 3.10. The van der Waals surface area contributed by atoms with Crippen molar-refractivity contribution in [3.05, 3.63) is 41.5 Å². The fraction of sp³-hybridized carbons (Fsp3) is 0.438. The van der Waals surface area contributed by atoms with Gasteiger partial charge in [-0.2, -0.15) is 4.98 Å². The first-order chi connectivity index (χ1) is 10.6. The molecule has 0 bridgehead atoms. The number of carbonyl (C=O) groups is 1. The van der Waals surface area contributed by atoms with Crippen molar-refractivity contribution in [2.45, 2.75) is 32.7 Å². The Kier molecular flexibility index (Phi) is 4.09. The highest BCUT2D eigenvalue weighted by atomic mass is 16.5. The van der Waals surface area contributed by atoms with E-state index in [2.05, 4.69) is 10.1 Å². The van der Waals surface area contributed by atoms with E-state index in [9.17, 15) is 4.79 Å². The Morgan fingerprint density at radius 3 is 3.05 bits per heavy atom. The van der Waals surface area contributed by atoms with Crippen LogP contribution < -0.4 is 4.74 Å². The van der Waals surface area contributed by atoms with E-state index in [4.69, 9.17) is 9.26 Å². The van der Waals surface area contributed by atoms with Gasteiger partial charge in [0.05, 0.1) is 0 Å². The van der Waals surface area contributed by atoms with Gasteiger partial charge in [-0.3, -0.25) is 4.79 Å².